The van der Waals surface area contributed by atoms with Crippen LogP contribution in [0.3, 0.4) is 0 Å². The molecule has 1 aromatic carbocycles. The number of nitrogens with zero attached hydrogens (tertiary/aromatic N) is 2. The summed E-state index contributed by atoms with van der Waals surface area (Å²) < 4.78 is 2.06. The highest BCUT2D eigenvalue weighted by atomic mass is 32.2. The fourth-order valence-electron chi connectivity index (χ4n) is 2.28. The van der Waals surface area contributed by atoms with Crippen LogP contribution in [0.5, 0.6) is 0 Å². The number of hydrogen-bond acceptors (Lipinski definition) is 3. The third kappa shape index (κ3) is 2.53. The van der Waals surface area contributed by atoms with E-state index in [0.717, 1.165) is 0 Å². The van der Waals surface area contributed by atoms with Crippen molar-refractivity contribution in [1.82, 2.24) is 9.55 Å². The number of hydrogen-bond donors (Lipinski definition) is 1. The van der Waals surface area contributed by atoms with E-state index in [1.54, 1.807) is 0 Å². The zero-order valence-corrected chi connectivity index (χ0v) is 11.1. The van der Waals surface area contributed by atoms with Crippen LogP contribution >= 0.6 is 11.8 Å². The highest BCUT2D eigenvalue weighted by molar-refractivity contribution is 7.99. The minimum atomic E-state index is 0.607. The number of thioether (sulfide) groups is 1. The number of aromatic nitrogens is 2. The Morgan fingerprint density at radius 3 is 2.83 bits per heavy atom. The molecule has 0 unspecified atom stereocenters. The van der Waals surface area contributed by atoms with Gasteiger partial charge in [-0.3, -0.25) is 0 Å². The van der Waals surface area contributed by atoms with Crippen LogP contribution in [-0.4, -0.2) is 27.1 Å². The van der Waals surface area contributed by atoms with E-state index in [1.165, 1.54) is 35.7 Å². The van der Waals surface area contributed by atoms with E-state index in [9.17, 15) is 0 Å². The molecule has 0 radical (unpaired) electrons. The first-order valence-electron chi connectivity index (χ1n) is 6.35. The molecule has 1 aromatic heterocycles. The number of imidazole rings is 1. The van der Waals surface area contributed by atoms with Crippen LogP contribution in [0.15, 0.2) is 43.0 Å². The first-order valence-corrected chi connectivity index (χ1v) is 7.50. The van der Waals surface area contributed by atoms with Gasteiger partial charge in [0.25, 0.3) is 0 Å². The molecule has 3 rings (SSSR count). The number of rotatable bonds is 3. The van der Waals surface area contributed by atoms with E-state index in [2.05, 4.69) is 50.9 Å². The molecular weight excluding hydrogens is 242 g/mol. The maximum Gasteiger partial charge on any atom is 0.0992 e. The summed E-state index contributed by atoms with van der Waals surface area (Å²) in [6.45, 7) is 0. The Labute approximate surface area is 112 Å². The molecule has 0 spiro atoms. The standard InChI is InChI=1S/C14H17N3S/c1-2-4-14(17-8-7-15-11-17)13(3-1)16-12-5-9-18-10-6-12/h1-4,7-8,11-12,16H,5-6,9-10H2. The van der Waals surface area contributed by atoms with Gasteiger partial charge in [0, 0.05) is 18.4 Å². The second kappa shape index (κ2) is 5.48. The maximum atomic E-state index is 4.12. The Morgan fingerprint density at radius 2 is 2.06 bits per heavy atom. The molecule has 0 amide bonds. The lowest BCUT2D eigenvalue weighted by Crippen LogP contribution is -2.25. The third-order valence-electron chi connectivity index (χ3n) is 3.27. The fraction of sp³-hybridized carbons (Fsp3) is 0.357. The van der Waals surface area contributed by atoms with Crippen LogP contribution < -0.4 is 5.32 Å². The van der Waals surface area contributed by atoms with Gasteiger partial charge in [-0.2, -0.15) is 11.8 Å². The lowest BCUT2D eigenvalue weighted by atomic mass is 10.1. The summed E-state index contributed by atoms with van der Waals surface area (Å²) in [5.74, 6) is 2.54. The molecule has 0 bridgehead atoms. The normalized spacial score (nSPS) is 16.7. The molecule has 1 fully saturated rings. The number of anilines is 1. The lowest BCUT2D eigenvalue weighted by Gasteiger charge is -2.25. The van der Waals surface area contributed by atoms with Gasteiger partial charge >= 0.3 is 0 Å². The van der Waals surface area contributed by atoms with Crippen LogP contribution in [0, 0.1) is 0 Å². The highest BCUT2D eigenvalue weighted by Crippen LogP contribution is 2.25. The largest absolute Gasteiger partial charge is 0.381 e. The zero-order chi connectivity index (χ0) is 12.2. The lowest BCUT2D eigenvalue weighted by molar-refractivity contribution is 0.666. The SMILES string of the molecule is c1ccc(-n2ccnc2)c(NC2CCSCC2)c1. The van der Waals surface area contributed by atoms with Crippen molar-refractivity contribution >= 4 is 17.4 Å². The van der Waals surface area contributed by atoms with Gasteiger partial charge in [0.05, 0.1) is 17.7 Å². The van der Waals surface area contributed by atoms with Gasteiger partial charge in [0.2, 0.25) is 0 Å². The molecule has 2 aromatic rings. The van der Waals surface area contributed by atoms with Crippen molar-refractivity contribution in [2.45, 2.75) is 18.9 Å². The molecule has 3 nitrogen and oxygen atoms in total. The molecule has 4 heteroatoms. The number of nitrogens with one attached hydrogen (secondary N) is 1. The Bertz CT molecular complexity index is 490. The molecular formula is C14H17N3S. The van der Waals surface area contributed by atoms with Crippen molar-refractivity contribution in [2.75, 3.05) is 16.8 Å². The number of benzene rings is 1. The fourth-order valence-corrected chi connectivity index (χ4v) is 3.39. The van der Waals surface area contributed by atoms with E-state index in [-0.39, 0.29) is 0 Å². The molecule has 1 aliphatic heterocycles. The first-order chi connectivity index (χ1) is 8.93. The van der Waals surface area contributed by atoms with Crippen LogP contribution in [0.4, 0.5) is 5.69 Å². The Morgan fingerprint density at radius 1 is 1.22 bits per heavy atom. The summed E-state index contributed by atoms with van der Waals surface area (Å²) in [5.41, 5.74) is 2.38. The van der Waals surface area contributed by atoms with Crippen molar-refractivity contribution < 1.29 is 0 Å². The van der Waals surface area contributed by atoms with Gasteiger partial charge in [0.1, 0.15) is 0 Å². The van der Waals surface area contributed by atoms with Crippen molar-refractivity contribution in [3.8, 4) is 5.69 Å². The minimum Gasteiger partial charge on any atom is -0.381 e. The van der Waals surface area contributed by atoms with Crippen molar-refractivity contribution in [1.29, 1.82) is 0 Å². The summed E-state index contributed by atoms with van der Waals surface area (Å²) in [7, 11) is 0. The average Bonchev–Trinajstić information content (AvgIpc) is 2.94. The molecule has 2 heterocycles. The van der Waals surface area contributed by atoms with E-state index in [0.29, 0.717) is 6.04 Å². The minimum absolute atomic E-state index is 0.607. The topological polar surface area (TPSA) is 29.9 Å². The van der Waals surface area contributed by atoms with Gasteiger partial charge in [-0.15, -0.1) is 0 Å². The van der Waals surface area contributed by atoms with Crippen LogP contribution in [0.1, 0.15) is 12.8 Å². The highest BCUT2D eigenvalue weighted by Gasteiger charge is 2.14. The predicted molar refractivity (Wildman–Crippen MR) is 77.5 cm³/mol. The van der Waals surface area contributed by atoms with Gasteiger partial charge in [-0.25, -0.2) is 4.98 Å². The number of para-hydroxylation sites is 2. The van der Waals surface area contributed by atoms with Gasteiger partial charge in [0.15, 0.2) is 0 Å². The Hall–Kier alpha value is -1.42. The summed E-state index contributed by atoms with van der Waals surface area (Å²) >= 11 is 2.06. The molecule has 0 aliphatic carbocycles. The summed E-state index contributed by atoms with van der Waals surface area (Å²) in [4.78, 5) is 4.12. The molecule has 0 atom stereocenters. The molecule has 1 aliphatic rings. The first kappa shape index (κ1) is 11.7. The van der Waals surface area contributed by atoms with E-state index >= 15 is 0 Å². The predicted octanol–water partition coefficient (Wildman–Crippen LogP) is 3.18. The van der Waals surface area contributed by atoms with E-state index < -0.39 is 0 Å². The van der Waals surface area contributed by atoms with Crippen molar-refractivity contribution in [3.63, 3.8) is 0 Å². The van der Waals surface area contributed by atoms with Crippen molar-refractivity contribution in [3.05, 3.63) is 43.0 Å². The second-order valence-corrected chi connectivity index (χ2v) is 5.74. The third-order valence-corrected chi connectivity index (χ3v) is 4.32. The average molecular weight is 259 g/mol. The summed E-state index contributed by atoms with van der Waals surface area (Å²) in [6, 6.07) is 9.03. The Kier molecular flexibility index (Phi) is 3.55. The van der Waals surface area contributed by atoms with Crippen LogP contribution in [-0.2, 0) is 0 Å². The quantitative estimate of drug-likeness (QED) is 0.918. The van der Waals surface area contributed by atoms with Crippen LogP contribution in [0.25, 0.3) is 5.69 Å². The molecule has 94 valence electrons. The van der Waals surface area contributed by atoms with Gasteiger partial charge < -0.3 is 9.88 Å². The Balaban J connectivity index is 1.83. The second-order valence-electron chi connectivity index (χ2n) is 4.52. The summed E-state index contributed by atoms with van der Waals surface area (Å²) in [6.07, 6.45) is 8.15. The molecule has 18 heavy (non-hydrogen) atoms. The molecule has 1 N–H and O–H groups in total. The zero-order valence-electron chi connectivity index (χ0n) is 10.2. The van der Waals surface area contributed by atoms with Gasteiger partial charge in [-0.05, 0) is 36.5 Å². The van der Waals surface area contributed by atoms with Crippen molar-refractivity contribution in [2.24, 2.45) is 0 Å². The molecule has 0 saturated carbocycles. The smallest absolute Gasteiger partial charge is 0.0992 e. The maximum absolute atomic E-state index is 4.12. The monoisotopic (exact) mass is 259 g/mol. The summed E-state index contributed by atoms with van der Waals surface area (Å²) in [5, 5.41) is 3.68. The van der Waals surface area contributed by atoms with E-state index in [1.807, 2.05) is 18.7 Å². The van der Waals surface area contributed by atoms with Gasteiger partial charge in [-0.1, -0.05) is 12.1 Å². The van der Waals surface area contributed by atoms with E-state index in [4.69, 9.17) is 0 Å². The van der Waals surface area contributed by atoms with Crippen LogP contribution in [0.2, 0.25) is 0 Å². The molecule has 1 saturated heterocycles.